The van der Waals surface area contributed by atoms with Gasteiger partial charge in [-0.1, -0.05) is 0 Å². The lowest BCUT2D eigenvalue weighted by molar-refractivity contribution is 0.584. The van der Waals surface area contributed by atoms with Gasteiger partial charge in [0.2, 0.25) is 0 Å². The predicted octanol–water partition coefficient (Wildman–Crippen LogP) is 0.308. The molecule has 0 atom stereocenters. The van der Waals surface area contributed by atoms with Gasteiger partial charge in [0.25, 0.3) is 0 Å². The molecule has 0 aliphatic carbocycles. The molecule has 5 heteroatoms. The van der Waals surface area contributed by atoms with Gasteiger partial charge in [-0.2, -0.15) is 0 Å². The summed E-state index contributed by atoms with van der Waals surface area (Å²) in [6, 6.07) is 1.95. The fourth-order valence-corrected chi connectivity index (χ4v) is 1.36. The molecule has 0 spiro atoms. The van der Waals surface area contributed by atoms with Gasteiger partial charge >= 0.3 is 0 Å². The first kappa shape index (κ1) is 10.2. The minimum Gasteiger partial charge on any atom is -0.354 e. The van der Waals surface area contributed by atoms with Crippen LogP contribution >= 0.6 is 12.4 Å². The van der Waals surface area contributed by atoms with E-state index >= 15 is 0 Å². The van der Waals surface area contributed by atoms with Crippen molar-refractivity contribution in [3.63, 3.8) is 0 Å². The van der Waals surface area contributed by atoms with Crippen LogP contribution in [0.25, 0.3) is 0 Å². The molecule has 1 aromatic heterocycles. The molecule has 0 aromatic carbocycles. The minimum atomic E-state index is 0. The Labute approximate surface area is 83.8 Å². The third kappa shape index (κ3) is 2.54. The molecular formula is C8H13ClN4. The number of rotatable bonds is 1. The SMILES string of the molecule is Cl.c1cc(N2CCNCC2)ncn1. The maximum absolute atomic E-state index is 4.19. The van der Waals surface area contributed by atoms with E-state index < -0.39 is 0 Å². The summed E-state index contributed by atoms with van der Waals surface area (Å²) in [4.78, 5) is 10.3. The molecule has 72 valence electrons. The number of hydrogen-bond donors (Lipinski definition) is 1. The Hall–Kier alpha value is -0.870. The van der Waals surface area contributed by atoms with E-state index in [0.717, 1.165) is 32.0 Å². The molecule has 1 saturated heterocycles. The third-order valence-corrected chi connectivity index (χ3v) is 2.01. The zero-order valence-corrected chi connectivity index (χ0v) is 8.13. The van der Waals surface area contributed by atoms with E-state index in [1.165, 1.54) is 0 Å². The summed E-state index contributed by atoms with van der Waals surface area (Å²) in [5, 5.41) is 3.30. The normalized spacial score (nSPS) is 16.5. The van der Waals surface area contributed by atoms with Gasteiger partial charge in [0, 0.05) is 32.4 Å². The van der Waals surface area contributed by atoms with E-state index in [2.05, 4.69) is 20.2 Å². The fraction of sp³-hybridized carbons (Fsp3) is 0.500. The first-order chi connectivity index (χ1) is 5.97. The highest BCUT2D eigenvalue weighted by Gasteiger charge is 2.09. The highest BCUT2D eigenvalue weighted by molar-refractivity contribution is 5.85. The van der Waals surface area contributed by atoms with Gasteiger partial charge in [0.15, 0.2) is 0 Å². The molecule has 1 fully saturated rings. The average Bonchev–Trinajstić information content (AvgIpc) is 2.21. The molecule has 2 heterocycles. The molecule has 0 bridgehead atoms. The molecule has 0 unspecified atom stereocenters. The van der Waals surface area contributed by atoms with Gasteiger partial charge in [0.1, 0.15) is 12.1 Å². The van der Waals surface area contributed by atoms with Crippen LogP contribution in [0.1, 0.15) is 0 Å². The summed E-state index contributed by atoms with van der Waals surface area (Å²) in [5.41, 5.74) is 0. The fourth-order valence-electron chi connectivity index (χ4n) is 1.36. The van der Waals surface area contributed by atoms with E-state index in [1.807, 2.05) is 6.07 Å². The van der Waals surface area contributed by atoms with Gasteiger partial charge in [-0.3, -0.25) is 0 Å². The summed E-state index contributed by atoms with van der Waals surface area (Å²) in [5.74, 6) is 1.03. The Morgan fingerprint density at radius 2 is 2.08 bits per heavy atom. The summed E-state index contributed by atoms with van der Waals surface area (Å²) < 4.78 is 0. The average molecular weight is 201 g/mol. The second-order valence-electron chi connectivity index (χ2n) is 2.80. The predicted molar refractivity (Wildman–Crippen MR) is 54.4 cm³/mol. The molecule has 0 amide bonds. The van der Waals surface area contributed by atoms with Gasteiger partial charge in [-0.05, 0) is 6.07 Å². The molecular weight excluding hydrogens is 188 g/mol. The Balaban J connectivity index is 0.000000845. The largest absolute Gasteiger partial charge is 0.354 e. The van der Waals surface area contributed by atoms with E-state index in [1.54, 1.807) is 12.5 Å². The molecule has 1 aromatic rings. The van der Waals surface area contributed by atoms with Crippen LogP contribution in [0.2, 0.25) is 0 Å². The van der Waals surface area contributed by atoms with Crippen molar-refractivity contribution in [1.29, 1.82) is 0 Å². The van der Waals surface area contributed by atoms with Crippen molar-refractivity contribution in [3.8, 4) is 0 Å². The Kier molecular flexibility index (Phi) is 3.92. The summed E-state index contributed by atoms with van der Waals surface area (Å²) in [6.07, 6.45) is 3.38. The van der Waals surface area contributed by atoms with E-state index in [0.29, 0.717) is 0 Å². The minimum absolute atomic E-state index is 0. The molecule has 1 N–H and O–H groups in total. The van der Waals surface area contributed by atoms with Crippen LogP contribution in [0.15, 0.2) is 18.6 Å². The molecule has 1 aliphatic rings. The number of aromatic nitrogens is 2. The van der Waals surface area contributed by atoms with Crippen LogP contribution in [-0.2, 0) is 0 Å². The van der Waals surface area contributed by atoms with E-state index in [-0.39, 0.29) is 12.4 Å². The van der Waals surface area contributed by atoms with Crippen molar-refractivity contribution in [2.24, 2.45) is 0 Å². The number of piperazine rings is 1. The zero-order chi connectivity index (χ0) is 8.23. The van der Waals surface area contributed by atoms with Crippen molar-refractivity contribution in [2.75, 3.05) is 31.1 Å². The van der Waals surface area contributed by atoms with Crippen molar-refractivity contribution >= 4 is 18.2 Å². The highest BCUT2D eigenvalue weighted by Crippen LogP contribution is 2.07. The lowest BCUT2D eigenvalue weighted by Crippen LogP contribution is -2.43. The van der Waals surface area contributed by atoms with Crippen LogP contribution < -0.4 is 10.2 Å². The van der Waals surface area contributed by atoms with Gasteiger partial charge in [-0.15, -0.1) is 12.4 Å². The second kappa shape index (κ2) is 4.99. The molecule has 13 heavy (non-hydrogen) atoms. The smallest absolute Gasteiger partial charge is 0.131 e. The lowest BCUT2D eigenvalue weighted by Gasteiger charge is -2.27. The van der Waals surface area contributed by atoms with Crippen molar-refractivity contribution in [2.45, 2.75) is 0 Å². The molecule has 4 nitrogen and oxygen atoms in total. The standard InChI is InChI=1S/C8H12N4.ClH/c1-2-10-7-11-8(1)12-5-3-9-4-6-12;/h1-2,7,9H,3-6H2;1H. The quantitative estimate of drug-likeness (QED) is 0.709. The molecule has 0 saturated carbocycles. The van der Waals surface area contributed by atoms with Gasteiger partial charge < -0.3 is 10.2 Å². The number of halogens is 1. The number of anilines is 1. The molecule has 1 aliphatic heterocycles. The van der Waals surface area contributed by atoms with Gasteiger partial charge in [0.05, 0.1) is 0 Å². The summed E-state index contributed by atoms with van der Waals surface area (Å²) in [6.45, 7) is 4.17. The topological polar surface area (TPSA) is 41.0 Å². The highest BCUT2D eigenvalue weighted by atomic mass is 35.5. The molecule has 0 radical (unpaired) electrons. The maximum Gasteiger partial charge on any atom is 0.131 e. The van der Waals surface area contributed by atoms with E-state index in [9.17, 15) is 0 Å². The second-order valence-corrected chi connectivity index (χ2v) is 2.80. The maximum atomic E-state index is 4.19. The Bertz CT molecular complexity index is 235. The van der Waals surface area contributed by atoms with Crippen LogP contribution in [0.5, 0.6) is 0 Å². The number of nitrogens with one attached hydrogen (secondary N) is 1. The molecule has 2 rings (SSSR count). The van der Waals surface area contributed by atoms with Crippen LogP contribution in [0.4, 0.5) is 5.82 Å². The van der Waals surface area contributed by atoms with Crippen LogP contribution in [0.3, 0.4) is 0 Å². The summed E-state index contributed by atoms with van der Waals surface area (Å²) in [7, 11) is 0. The third-order valence-electron chi connectivity index (χ3n) is 2.01. The van der Waals surface area contributed by atoms with Crippen molar-refractivity contribution < 1.29 is 0 Å². The van der Waals surface area contributed by atoms with Crippen molar-refractivity contribution in [3.05, 3.63) is 18.6 Å². The summed E-state index contributed by atoms with van der Waals surface area (Å²) >= 11 is 0. The first-order valence-electron chi connectivity index (χ1n) is 4.18. The van der Waals surface area contributed by atoms with Crippen molar-refractivity contribution in [1.82, 2.24) is 15.3 Å². The zero-order valence-electron chi connectivity index (χ0n) is 7.31. The van der Waals surface area contributed by atoms with Crippen LogP contribution in [-0.4, -0.2) is 36.1 Å². The first-order valence-corrected chi connectivity index (χ1v) is 4.18. The Morgan fingerprint density at radius 3 is 2.69 bits per heavy atom. The number of nitrogens with zero attached hydrogens (tertiary/aromatic N) is 3. The monoisotopic (exact) mass is 200 g/mol. The lowest BCUT2D eigenvalue weighted by atomic mass is 10.3. The van der Waals surface area contributed by atoms with E-state index in [4.69, 9.17) is 0 Å². The van der Waals surface area contributed by atoms with Gasteiger partial charge in [-0.25, -0.2) is 9.97 Å². The van der Waals surface area contributed by atoms with Crippen LogP contribution in [0, 0.1) is 0 Å². The number of hydrogen-bond acceptors (Lipinski definition) is 4. The Morgan fingerprint density at radius 1 is 1.31 bits per heavy atom.